The van der Waals surface area contributed by atoms with Gasteiger partial charge in [0.25, 0.3) is 0 Å². The fourth-order valence-electron chi connectivity index (χ4n) is 3.75. The van der Waals surface area contributed by atoms with Gasteiger partial charge in [-0.15, -0.1) is 6.58 Å². The molecule has 3 aromatic carbocycles. The molecule has 4 heteroatoms. The first-order valence-corrected chi connectivity index (χ1v) is 13.4. The van der Waals surface area contributed by atoms with Gasteiger partial charge in [0, 0.05) is 19.0 Å². The third kappa shape index (κ3) is 6.92. The molecule has 0 spiro atoms. The molecule has 0 heterocycles. The van der Waals surface area contributed by atoms with E-state index in [4.69, 9.17) is 5.41 Å². The average Bonchev–Trinajstić information content (AvgIpc) is 3.71. The minimum Gasteiger partial charge on any atom is -0.360 e. The summed E-state index contributed by atoms with van der Waals surface area (Å²) in [4.78, 5) is 1.94. The van der Waals surface area contributed by atoms with Gasteiger partial charge in [-0.2, -0.15) is 0 Å². The smallest absolute Gasteiger partial charge is 0.204 e. The van der Waals surface area contributed by atoms with E-state index in [2.05, 4.69) is 97.7 Å². The van der Waals surface area contributed by atoms with E-state index in [1.165, 1.54) is 29.5 Å². The van der Waals surface area contributed by atoms with Crippen LogP contribution in [0.2, 0.25) is 0 Å². The predicted molar refractivity (Wildman–Crippen MR) is 152 cm³/mol. The van der Waals surface area contributed by atoms with Crippen molar-refractivity contribution in [3.8, 4) is 0 Å². The van der Waals surface area contributed by atoms with E-state index in [0.717, 1.165) is 17.9 Å². The molecule has 4 rings (SSSR count). The molecule has 0 amide bonds. The van der Waals surface area contributed by atoms with E-state index in [1.54, 1.807) is 0 Å². The Morgan fingerprint density at radius 3 is 2.06 bits per heavy atom. The van der Waals surface area contributed by atoms with Gasteiger partial charge in [0.05, 0.1) is 17.8 Å². The van der Waals surface area contributed by atoms with Crippen LogP contribution in [0.3, 0.4) is 0 Å². The van der Waals surface area contributed by atoms with Crippen molar-refractivity contribution in [3.63, 3.8) is 0 Å². The normalized spacial score (nSPS) is 13.2. The van der Waals surface area contributed by atoms with Crippen molar-refractivity contribution in [2.45, 2.75) is 44.3 Å². The second-order valence-electron chi connectivity index (χ2n) is 9.09. The summed E-state index contributed by atoms with van der Waals surface area (Å²) in [5.41, 5.74) is 5.65. The highest BCUT2D eigenvalue weighted by atomic mass is 31.1. The van der Waals surface area contributed by atoms with Crippen LogP contribution in [0.4, 0.5) is 5.69 Å². The molecule has 0 aliphatic heterocycles. The summed E-state index contributed by atoms with van der Waals surface area (Å²) in [6, 6.07) is 29.4. The molecule has 3 nitrogen and oxygen atoms in total. The zero-order valence-electron chi connectivity index (χ0n) is 20.7. The topological polar surface area (TPSA) is 39.1 Å². The fourth-order valence-corrected chi connectivity index (χ4v) is 5.17. The Kier molecular flexibility index (Phi) is 8.85. The minimum absolute atomic E-state index is 0.109. The maximum atomic E-state index is 7.58. The van der Waals surface area contributed by atoms with E-state index in [9.17, 15) is 0 Å². The molecule has 1 fully saturated rings. The Morgan fingerprint density at radius 1 is 1.03 bits per heavy atom. The molecule has 34 heavy (non-hydrogen) atoms. The summed E-state index contributed by atoms with van der Waals surface area (Å²) in [7, 11) is 1.64. The van der Waals surface area contributed by atoms with E-state index in [1.807, 2.05) is 37.1 Å². The second kappa shape index (κ2) is 11.8. The summed E-state index contributed by atoms with van der Waals surface area (Å²) >= 11 is 0. The van der Waals surface area contributed by atoms with Crippen molar-refractivity contribution < 1.29 is 0 Å². The SMILES string of the molecule is C=CC(C)(c1ccccc1)c1ccccc1.C=[P+](Nc1cccc(CN(C)C(C)=N)c1)C1CC1. The first-order chi connectivity index (χ1) is 16.3. The van der Waals surface area contributed by atoms with Gasteiger partial charge in [-0.3, -0.25) is 5.41 Å². The van der Waals surface area contributed by atoms with E-state index in [0.29, 0.717) is 5.84 Å². The molecule has 2 N–H and O–H groups in total. The quantitative estimate of drug-likeness (QED) is 0.153. The maximum absolute atomic E-state index is 7.58. The van der Waals surface area contributed by atoms with Crippen molar-refractivity contribution in [3.05, 3.63) is 114 Å². The zero-order chi connectivity index (χ0) is 24.6. The standard InChI is InChI=1S/C16H16.C14H21N3P/c1-3-16(2,14-10-6-4-7-11-14)15-12-8-5-9-13-15;1-11(15)17(2)10-12-5-4-6-13(9-12)16-18(3)14-7-8-14/h3-13H,1H2,2H3;4-6,9,14-16H,3,7-8,10H2,1-2H3/q;+1. The third-order valence-electron chi connectivity index (χ3n) is 6.33. The molecule has 1 saturated carbocycles. The highest BCUT2D eigenvalue weighted by Crippen LogP contribution is 2.44. The first kappa shape index (κ1) is 25.5. The summed E-state index contributed by atoms with van der Waals surface area (Å²) < 4.78 is 0. The Labute approximate surface area is 206 Å². The molecule has 0 bridgehead atoms. The summed E-state index contributed by atoms with van der Waals surface area (Å²) in [5.74, 6) is 0.589. The van der Waals surface area contributed by atoms with Gasteiger partial charge in [0.2, 0.25) is 7.70 Å². The highest BCUT2D eigenvalue weighted by Gasteiger charge is 2.35. The van der Waals surface area contributed by atoms with Crippen LogP contribution in [0.25, 0.3) is 0 Å². The maximum Gasteiger partial charge on any atom is 0.204 e. The lowest BCUT2D eigenvalue weighted by molar-refractivity contribution is 0.494. The van der Waals surface area contributed by atoms with Gasteiger partial charge in [-0.1, -0.05) is 78.9 Å². The molecular formula is C30H37N3P+. The van der Waals surface area contributed by atoms with Crippen LogP contribution < -0.4 is 5.09 Å². The van der Waals surface area contributed by atoms with Crippen LogP contribution in [-0.4, -0.2) is 29.7 Å². The van der Waals surface area contributed by atoms with E-state index >= 15 is 0 Å². The largest absolute Gasteiger partial charge is 0.360 e. The predicted octanol–water partition coefficient (Wildman–Crippen LogP) is 7.70. The Hall–Kier alpha value is -3.16. The number of nitrogens with zero attached hydrogens (tertiary/aromatic N) is 1. The number of hydrogen-bond donors (Lipinski definition) is 2. The minimum atomic E-state index is -0.306. The molecule has 0 aromatic heterocycles. The van der Waals surface area contributed by atoms with Gasteiger partial charge in [-0.25, -0.2) is 5.09 Å². The molecule has 1 aliphatic rings. The molecule has 3 aromatic rings. The van der Waals surface area contributed by atoms with E-state index in [-0.39, 0.29) is 13.1 Å². The van der Waals surface area contributed by atoms with Gasteiger partial charge in [-0.05, 0) is 55.5 Å². The molecule has 1 aliphatic carbocycles. The molecule has 1 unspecified atom stereocenters. The van der Waals surface area contributed by atoms with Crippen molar-refractivity contribution in [1.82, 2.24) is 4.90 Å². The summed E-state index contributed by atoms with van der Waals surface area (Å²) in [6.07, 6.45) is 8.90. The number of amidine groups is 1. The Morgan fingerprint density at radius 2 is 1.59 bits per heavy atom. The number of hydrogen-bond acceptors (Lipinski definition) is 2. The second-order valence-corrected chi connectivity index (χ2v) is 11.0. The fraction of sp³-hybridized carbons (Fsp3) is 0.267. The Bertz CT molecular complexity index is 1060. The Balaban J connectivity index is 0.000000192. The third-order valence-corrected chi connectivity index (χ3v) is 8.28. The molecule has 176 valence electrons. The number of allylic oxidation sites excluding steroid dienone is 1. The number of anilines is 1. The van der Waals surface area contributed by atoms with Crippen LogP contribution in [-0.2, 0) is 12.0 Å². The van der Waals surface area contributed by atoms with Gasteiger partial charge in [0.1, 0.15) is 5.66 Å². The van der Waals surface area contributed by atoms with Gasteiger partial charge < -0.3 is 4.90 Å². The van der Waals surface area contributed by atoms with Gasteiger partial charge >= 0.3 is 0 Å². The van der Waals surface area contributed by atoms with Crippen LogP contribution in [0.5, 0.6) is 0 Å². The number of benzene rings is 3. The number of nitrogens with one attached hydrogen (secondary N) is 2. The molecule has 1 atom stereocenters. The molecule has 0 saturated heterocycles. The molecular weight excluding hydrogens is 433 g/mol. The van der Waals surface area contributed by atoms with Crippen molar-refractivity contribution in [2.24, 2.45) is 0 Å². The average molecular weight is 471 g/mol. The van der Waals surface area contributed by atoms with Crippen LogP contribution in [0, 0.1) is 5.41 Å². The zero-order valence-corrected chi connectivity index (χ0v) is 21.6. The van der Waals surface area contributed by atoms with Crippen molar-refractivity contribution in [1.29, 1.82) is 5.41 Å². The van der Waals surface area contributed by atoms with Gasteiger partial charge in [0.15, 0.2) is 0 Å². The molecule has 0 radical (unpaired) electrons. The summed E-state index contributed by atoms with van der Waals surface area (Å²) in [6.45, 7) is 8.78. The van der Waals surface area contributed by atoms with Crippen LogP contribution >= 0.6 is 7.70 Å². The highest BCUT2D eigenvalue weighted by molar-refractivity contribution is 7.58. The van der Waals surface area contributed by atoms with Crippen LogP contribution in [0.15, 0.2) is 97.6 Å². The van der Waals surface area contributed by atoms with Crippen molar-refractivity contribution >= 4 is 25.5 Å². The van der Waals surface area contributed by atoms with Crippen molar-refractivity contribution in [2.75, 3.05) is 12.1 Å². The van der Waals surface area contributed by atoms with E-state index < -0.39 is 0 Å². The lowest BCUT2D eigenvalue weighted by atomic mass is 9.76. The lowest BCUT2D eigenvalue weighted by Crippen LogP contribution is -2.22. The monoisotopic (exact) mass is 470 g/mol. The lowest BCUT2D eigenvalue weighted by Gasteiger charge is -2.27. The summed E-state index contributed by atoms with van der Waals surface area (Å²) in [5, 5.41) is 11.1. The number of rotatable bonds is 8. The first-order valence-electron chi connectivity index (χ1n) is 11.8. The van der Waals surface area contributed by atoms with Crippen LogP contribution in [0.1, 0.15) is 43.4 Å².